The highest BCUT2D eigenvalue weighted by Gasteiger charge is 2.04. The number of aldehydes is 1. The Labute approximate surface area is 74.0 Å². The standard InChI is InChI=1S/C8H7N3O2/c1-13-8-3-9-2-7-10-6(5-12)4-11(7)8/h2-5H,1H3. The number of carbonyl (C=O) groups is 1. The molecule has 13 heavy (non-hydrogen) atoms. The maximum absolute atomic E-state index is 10.4. The number of aromatic nitrogens is 3. The number of hydrogen-bond donors (Lipinski definition) is 0. The fourth-order valence-electron chi connectivity index (χ4n) is 1.12. The minimum absolute atomic E-state index is 0.367. The lowest BCUT2D eigenvalue weighted by Crippen LogP contribution is -1.93. The number of ether oxygens (including phenoxy) is 1. The molecule has 0 saturated heterocycles. The summed E-state index contributed by atoms with van der Waals surface area (Å²) in [5.74, 6) is 0.554. The Bertz CT molecular complexity index is 450. The maximum atomic E-state index is 10.4. The van der Waals surface area contributed by atoms with E-state index in [4.69, 9.17) is 4.74 Å². The molecule has 0 aliphatic carbocycles. The van der Waals surface area contributed by atoms with E-state index in [0.29, 0.717) is 23.5 Å². The molecular formula is C8H7N3O2. The molecule has 2 heterocycles. The summed E-state index contributed by atoms with van der Waals surface area (Å²) in [7, 11) is 1.54. The minimum atomic E-state index is 0.367. The number of imidazole rings is 1. The third kappa shape index (κ3) is 1.14. The van der Waals surface area contributed by atoms with Crippen molar-refractivity contribution < 1.29 is 9.53 Å². The molecule has 66 valence electrons. The zero-order chi connectivity index (χ0) is 9.26. The van der Waals surface area contributed by atoms with Gasteiger partial charge >= 0.3 is 0 Å². The molecule has 0 saturated carbocycles. The van der Waals surface area contributed by atoms with Crippen molar-refractivity contribution in [1.82, 2.24) is 14.4 Å². The number of hydrogen-bond acceptors (Lipinski definition) is 4. The van der Waals surface area contributed by atoms with Crippen molar-refractivity contribution in [2.24, 2.45) is 0 Å². The van der Waals surface area contributed by atoms with Gasteiger partial charge in [-0.15, -0.1) is 0 Å². The maximum Gasteiger partial charge on any atom is 0.218 e. The lowest BCUT2D eigenvalue weighted by molar-refractivity contribution is 0.111. The summed E-state index contributed by atoms with van der Waals surface area (Å²) in [6.07, 6.45) is 5.41. The first kappa shape index (κ1) is 7.72. The summed E-state index contributed by atoms with van der Waals surface area (Å²) >= 11 is 0. The summed E-state index contributed by atoms with van der Waals surface area (Å²) in [6, 6.07) is 0. The van der Waals surface area contributed by atoms with E-state index in [1.807, 2.05) is 0 Å². The van der Waals surface area contributed by atoms with E-state index in [1.165, 1.54) is 7.11 Å². The normalized spacial score (nSPS) is 10.2. The Hall–Kier alpha value is -1.91. The average Bonchev–Trinajstić information content (AvgIpc) is 2.59. The van der Waals surface area contributed by atoms with E-state index >= 15 is 0 Å². The first-order chi connectivity index (χ1) is 6.35. The van der Waals surface area contributed by atoms with Crippen molar-refractivity contribution in [3.8, 4) is 5.88 Å². The zero-order valence-corrected chi connectivity index (χ0v) is 6.97. The number of methoxy groups -OCH3 is 1. The molecule has 0 aromatic carbocycles. The Kier molecular flexibility index (Phi) is 1.70. The summed E-state index contributed by atoms with van der Waals surface area (Å²) in [6.45, 7) is 0. The van der Waals surface area contributed by atoms with Crippen LogP contribution in [0.2, 0.25) is 0 Å². The largest absolute Gasteiger partial charge is 0.481 e. The molecule has 2 aromatic rings. The summed E-state index contributed by atoms with van der Waals surface area (Å²) in [4.78, 5) is 18.3. The fourth-order valence-corrected chi connectivity index (χ4v) is 1.12. The van der Waals surface area contributed by atoms with Crippen molar-refractivity contribution in [2.45, 2.75) is 0 Å². The molecule has 2 aromatic heterocycles. The van der Waals surface area contributed by atoms with Crippen LogP contribution in [0.1, 0.15) is 10.5 Å². The van der Waals surface area contributed by atoms with E-state index < -0.39 is 0 Å². The molecule has 0 aliphatic heterocycles. The van der Waals surface area contributed by atoms with Gasteiger partial charge in [0.05, 0.1) is 19.5 Å². The topological polar surface area (TPSA) is 56.5 Å². The fraction of sp³-hybridized carbons (Fsp3) is 0.125. The Morgan fingerprint density at radius 1 is 1.54 bits per heavy atom. The highest BCUT2D eigenvalue weighted by molar-refractivity contribution is 5.73. The van der Waals surface area contributed by atoms with Crippen LogP contribution in [-0.4, -0.2) is 27.8 Å². The van der Waals surface area contributed by atoms with Crippen LogP contribution in [0, 0.1) is 0 Å². The van der Waals surface area contributed by atoms with Gasteiger partial charge in [0.1, 0.15) is 5.69 Å². The van der Waals surface area contributed by atoms with Crippen LogP contribution >= 0.6 is 0 Å². The lowest BCUT2D eigenvalue weighted by Gasteiger charge is -2.00. The molecule has 0 spiro atoms. The second kappa shape index (κ2) is 2.85. The molecule has 0 aliphatic rings. The second-order valence-corrected chi connectivity index (χ2v) is 2.46. The monoisotopic (exact) mass is 177 g/mol. The van der Waals surface area contributed by atoms with Gasteiger partial charge in [-0.1, -0.05) is 0 Å². The SMILES string of the molecule is COc1cncc2nc(C=O)cn12. The van der Waals surface area contributed by atoms with Gasteiger partial charge in [0.25, 0.3) is 0 Å². The Morgan fingerprint density at radius 2 is 2.38 bits per heavy atom. The van der Waals surface area contributed by atoms with Gasteiger partial charge in [-0.3, -0.25) is 14.2 Å². The van der Waals surface area contributed by atoms with E-state index in [2.05, 4.69) is 9.97 Å². The summed E-state index contributed by atoms with van der Waals surface area (Å²) in [5.41, 5.74) is 0.966. The van der Waals surface area contributed by atoms with Crippen LogP contribution in [0.5, 0.6) is 5.88 Å². The van der Waals surface area contributed by atoms with Crippen molar-refractivity contribution in [1.29, 1.82) is 0 Å². The van der Waals surface area contributed by atoms with Gasteiger partial charge in [0.2, 0.25) is 5.88 Å². The lowest BCUT2D eigenvalue weighted by atomic mass is 10.5. The minimum Gasteiger partial charge on any atom is -0.481 e. The number of rotatable bonds is 2. The number of carbonyl (C=O) groups excluding carboxylic acids is 1. The van der Waals surface area contributed by atoms with Crippen molar-refractivity contribution in [3.63, 3.8) is 0 Å². The number of fused-ring (bicyclic) bond motifs is 1. The Balaban J connectivity index is 2.74. The van der Waals surface area contributed by atoms with Crippen LogP contribution in [0.4, 0.5) is 0 Å². The van der Waals surface area contributed by atoms with E-state index in [9.17, 15) is 4.79 Å². The predicted octanol–water partition coefficient (Wildman–Crippen LogP) is 0.550. The first-order valence-electron chi connectivity index (χ1n) is 3.67. The average molecular weight is 177 g/mol. The van der Waals surface area contributed by atoms with Gasteiger partial charge in [-0.2, -0.15) is 0 Å². The molecule has 0 radical (unpaired) electrons. The molecule has 0 amide bonds. The molecular weight excluding hydrogens is 170 g/mol. The second-order valence-electron chi connectivity index (χ2n) is 2.46. The molecule has 0 fully saturated rings. The third-order valence-electron chi connectivity index (χ3n) is 1.69. The van der Waals surface area contributed by atoms with E-state index in [-0.39, 0.29) is 0 Å². The van der Waals surface area contributed by atoms with Crippen molar-refractivity contribution in [2.75, 3.05) is 7.11 Å². The van der Waals surface area contributed by atoms with E-state index in [1.54, 1.807) is 23.0 Å². The molecule has 0 atom stereocenters. The van der Waals surface area contributed by atoms with Crippen LogP contribution in [-0.2, 0) is 0 Å². The van der Waals surface area contributed by atoms with Crippen molar-refractivity contribution in [3.05, 3.63) is 24.3 Å². The van der Waals surface area contributed by atoms with Gasteiger partial charge in [0.15, 0.2) is 11.9 Å². The highest BCUT2D eigenvalue weighted by Crippen LogP contribution is 2.11. The van der Waals surface area contributed by atoms with Gasteiger partial charge < -0.3 is 4.74 Å². The molecule has 0 N–H and O–H groups in total. The molecule has 2 rings (SSSR count). The quantitative estimate of drug-likeness (QED) is 0.628. The van der Waals surface area contributed by atoms with Crippen LogP contribution in [0.25, 0.3) is 5.65 Å². The van der Waals surface area contributed by atoms with Gasteiger partial charge in [0, 0.05) is 6.20 Å². The van der Waals surface area contributed by atoms with Gasteiger partial charge in [-0.25, -0.2) is 4.98 Å². The summed E-state index contributed by atoms with van der Waals surface area (Å²) in [5, 5.41) is 0. The van der Waals surface area contributed by atoms with E-state index in [0.717, 1.165) is 0 Å². The van der Waals surface area contributed by atoms with Crippen molar-refractivity contribution >= 4 is 11.9 Å². The molecule has 5 heteroatoms. The zero-order valence-electron chi connectivity index (χ0n) is 6.97. The Morgan fingerprint density at radius 3 is 3.08 bits per heavy atom. The van der Waals surface area contributed by atoms with Crippen LogP contribution in [0.3, 0.4) is 0 Å². The van der Waals surface area contributed by atoms with Gasteiger partial charge in [-0.05, 0) is 0 Å². The molecule has 0 unspecified atom stereocenters. The van der Waals surface area contributed by atoms with Crippen LogP contribution in [0.15, 0.2) is 18.6 Å². The van der Waals surface area contributed by atoms with Crippen LogP contribution < -0.4 is 4.74 Å². The molecule has 5 nitrogen and oxygen atoms in total. The highest BCUT2D eigenvalue weighted by atomic mass is 16.5. The number of nitrogens with zero attached hydrogens (tertiary/aromatic N) is 3. The summed E-state index contributed by atoms with van der Waals surface area (Å²) < 4.78 is 6.69. The molecule has 0 bridgehead atoms. The smallest absolute Gasteiger partial charge is 0.218 e. The third-order valence-corrected chi connectivity index (χ3v) is 1.69. The predicted molar refractivity (Wildman–Crippen MR) is 44.9 cm³/mol. The first-order valence-corrected chi connectivity index (χ1v) is 3.67.